The highest BCUT2D eigenvalue weighted by molar-refractivity contribution is 7.92. The number of amides is 1. The minimum atomic E-state index is -3.97. The van der Waals surface area contributed by atoms with Gasteiger partial charge in [-0.15, -0.1) is 0 Å². The number of para-hydroxylation sites is 1. The lowest BCUT2D eigenvalue weighted by Gasteiger charge is -2.47. The minimum absolute atomic E-state index is 0.0641. The lowest BCUT2D eigenvalue weighted by Crippen LogP contribution is -2.47. The van der Waals surface area contributed by atoms with Crippen LogP contribution >= 0.6 is 23.2 Å². The van der Waals surface area contributed by atoms with Gasteiger partial charge in [-0.2, -0.15) is 0 Å². The molecule has 0 aromatic heterocycles. The molecule has 0 bridgehead atoms. The van der Waals surface area contributed by atoms with Gasteiger partial charge in [0.15, 0.2) is 0 Å². The van der Waals surface area contributed by atoms with Crippen molar-refractivity contribution >= 4 is 44.8 Å². The van der Waals surface area contributed by atoms with Crippen molar-refractivity contribution in [2.75, 3.05) is 44.2 Å². The van der Waals surface area contributed by atoms with Crippen LogP contribution < -0.4 is 4.31 Å². The largest absolute Gasteiger partial charge is 0.369 e. The first-order valence-electron chi connectivity index (χ1n) is 17.4. The number of fused-ring (bicyclic) bond motifs is 1. The predicted molar refractivity (Wildman–Crippen MR) is 193 cm³/mol. The quantitative estimate of drug-likeness (QED) is 0.191. The van der Waals surface area contributed by atoms with Gasteiger partial charge in [-0.1, -0.05) is 71.7 Å². The standard InChI is InChI=1S/C38H47Cl2N3O4S/c1-41(23-9-10-29-19-21-38(22-20-29,42-24-7-8-25-42)31-12-3-2-4-13-31)37(44)28-47-27-32-16-15-30-11-5-6-14-36(30)43(32)48(45,46)33-17-18-34(39)35(40)26-33/h2-6,11-14,17-18,26,29,32H,7-10,15-16,19-25,27-28H2,1H3. The number of carbonyl (C=O) groups excluding carboxylic acids is 1. The third kappa shape index (κ3) is 7.58. The number of hydrogen-bond acceptors (Lipinski definition) is 5. The molecule has 3 aliphatic rings. The van der Waals surface area contributed by atoms with E-state index in [1.54, 1.807) is 4.90 Å². The van der Waals surface area contributed by atoms with Gasteiger partial charge in [-0.3, -0.25) is 14.0 Å². The third-order valence-electron chi connectivity index (χ3n) is 10.8. The molecular weight excluding hydrogens is 665 g/mol. The van der Waals surface area contributed by atoms with Crippen molar-refractivity contribution < 1.29 is 17.9 Å². The molecule has 3 aromatic rings. The van der Waals surface area contributed by atoms with Crippen molar-refractivity contribution in [3.8, 4) is 0 Å². The highest BCUT2D eigenvalue weighted by Gasteiger charge is 2.42. The van der Waals surface area contributed by atoms with Crippen LogP contribution in [-0.4, -0.2) is 70.1 Å². The Balaban J connectivity index is 0.998. The zero-order chi connectivity index (χ0) is 33.7. The SMILES string of the molecule is CN(CCCC1CCC(c2ccccc2)(N2CCCC2)CC1)C(=O)COCC1CCc2ccccc2N1S(=O)(=O)c1ccc(Cl)c(Cl)c1. The molecule has 48 heavy (non-hydrogen) atoms. The number of sulfonamides is 1. The van der Waals surface area contributed by atoms with Crippen LogP contribution in [0, 0.1) is 5.92 Å². The van der Waals surface area contributed by atoms with Crippen molar-refractivity contribution in [3.05, 3.63) is 94.0 Å². The fourth-order valence-electron chi connectivity index (χ4n) is 8.06. The van der Waals surface area contributed by atoms with E-state index in [1.807, 2.05) is 31.3 Å². The number of likely N-dealkylation sites (N-methyl/N-ethyl adjacent to an activating group) is 1. The van der Waals surface area contributed by atoms with Crippen molar-refractivity contribution in [1.29, 1.82) is 0 Å². The van der Waals surface area contributed by atoms with Gasteiger partial charge in [0.05, 0.1) is 33.3 Å². The summed E-state index contributed by atoms with van der Waals surface area (Å²) in [5.41, 5.74) is 3.22. The van der Waals surface area contributed by atoms with Gasteiger partial charge >= 0.3 is 0 Å². The summed E-state index contributed by atoms with van der Waals surface area (Å²) in [6.07, 6.45) is 10.8. The number of nitrogens with zero attached hydrogens (tertiary/aromatic N) is 3. The molecule has 0 spiro atoms. The average molecular weight is 713 g/mol. The molecule has 1 saturated carbocycles. The first-order valence-corrected chi connectivity index (χ1v) is 19.6. The molecule has 0 N–H and O–H groups in total. The molecule has 7 nitrogen and oxygen atoms in total. The zero-order valence-corrected chi connectivity index (χ0v) is 30.2. The number of aryl methyl sites for hydroxylation is 1. The smallest absolute Gasteiger partial charge is 0.264 e. The second-order valence-electron chi connectivity index (χ2n) is 13.7. The fraction of sp³-hybridized carbons (Fsp3) is 0.500. The molecule has 258 valence electrons. The van der Waals surface area contributed by atoms with Gasteiger partial charge < -0.3 is 9.64 Å². The number of rotatable bonds is 12. The molecular formula is C38H47Cl2N3O4S. The van der Waals surface area contributed by atoms with Gasteiger partial charge in [0.2, 0.25) is 5.91 Å². The molecule has 3 aromatic carbocycles. The molecule has 10 heteroatoms. The monoisotopic (exact) mass is 711 g/mol. The highest BCUT2D eigenvalue weighted by Crippen LogP contribution is 2.46. The van der Waals surface area contributed by atoms with Gasteiger partial charge in [0.1, 0.15) is 6.61 Å². The van der Waals surface area contributed by atoms with Gasteiger partial charge in [-0.05, 0) is 119 Å². The van der Waals surface area contributed by atoms with Crippen molar-refractivity contribution in [2.45, 2.75) is 80.7 Å². The van der Waals surface area contributed by atoms with E-state index >= 15 is 0 Å². The maximum Gasteiger partial charge on any atom is 0.264 e. The first-order chi connectivity index (χ1) is 23.2. The van der Waals surface area contributed by atoms with Crippen LogP contribution in [0.3, 0.4) is 0 Å². The van der Waals surface area contributed by atoms with E-state index in [1.165, 1.54) is 79.7 Å². The van der Waals surface area contributed by atoms with E-state index in [-0.39, 0.29) is 34.6 Å². The van der Waals surface area contributed by atoms with Crippen LogP contribution in [-0.2, 0) is 31.5 Å². The molecule has 2 aliphatic heterocycles. The van der Waals surface area contributed by atoms with Crippen molar-refractivity contribution in [1.82, 2.24) is 9.80 Å². The van der Waals surface area contributed by atoms with Crippen molar-refractivity contribution in [2.24, 2.45) is 5.92 Å². The third-order valence-corrected chi connectivity index (χ3v) is 13.4. The number of benzene rings is 3. The molecule has 1 aliphatic carbocycles. The first kappa shape index (κ1) is 35.2. The number of hydrogen-bond donors (Lipinski definition) is 0. The fourth-order valence-corrected chi connectivity index (χ4v) is 10.2. The Morgan fingerprint density at radius 1 is 0.938 bits per heavy atom. The lowest BCUT2D eigenvalue weighted by atomic mass is 9.70. The van der Waals surface area contributed by atoms with Gasteiger partial charge in [-0.25, -0.2) is 8.42 Å². The molecule has 6 rings (SSSR count). The summed E-state index contributed by atoms with van der Waals surface area (Å²) in [5, 5.41) is 0.467. The number of anilines is 1. The summed E-state index contributed by atoms with van der Waals surface area (Å²) in [7, 11) is -2.14. The molecule has 1 amide bonds. The van der Waals surface area contributed by atoms with Crippen LogP contribution in [0.4, 0.5) is 5.69 Å². The van der Waals surface area contributed by atoms with E-state index in [0.717, 1.165) is 24.8 Å². The normalized spacial score (nSPS) is 23.2. The van der Waals surface area contributed by atoms with E-state index < -0.39 is 16.1 Å². The molecule has 1 unspecified atom stereocenters. The molecule has 1 atom stereocenters. The molecule has 0 radical (unpaired) electrons. The maximum absolute atomic E-state index is 13.9. The Labute approximate surface area is 296 Å². The topological polar surface area (TPSA) is 70.2 Å². The van der Waals surface area contributed by atoms with Crippen molar-refractivity contribution in [3.63, 3.8) is 0 Å². The summed E-state index contributed by atoms with van der Waals surface area (Å²) >= 11 is 12.3. The van der Waals surface area contributed by atoms with Crippen LogP contribution in [0.1, 0.15) is 68.9 Å². The van der Waals surface area contributed by atoms with E-state index in [9.17, 15) is 13.2 Å². The maximum atomic E-state index is 13.9. The second-order valence-corrected chi connectivity index (χ2v) is 16.3. The number of halogens is 2. The molecule has 2 heterocycles. The highest BCUT2D eigenvalue weighted by atomic mass is 35.5. The van der Waals surface area contributed by atoms with Crippen LogP contribution in [0.5, 0.6) is 0 Å². The Morgan fingerprint density at radius 2 is 1.65 bits per heavy atom. The minimum Gasteiger partial charge on any atom is -0.369 e. The second kappa shape index (κ2) is 15.5. The Morgan fingerprint density at radius 3 is 2.38 bits per heavy atom. The number of carbonyl (C=O) groups is 1. The summed E-state index contributed by atoms with van der Waals surface area (Å²) < 4.78 is 35.3. The van der Waals surface area contributed by atoms with E-state index in [0.29, 0.717) is 29.6 Å². The Bertz CT molecular complexity index is 1660. The summed E-state index contributed by atoms with van der Waals surface area (Å²) in [4.78, 5) is 17.6. The van der Waals surface area contributed by atoms with E-state index in [2.05, 4.69) is 35.2 Å². The van der Waals surface area contributed by atoms with Gasteiger partial charge in [0, 0.05) is 19.1 Å². The molecule has 1 saturated heterocycles. The van der Waals surface area contributed by atoms with Gasteiger partial charge in [0.25, 0.3) is 10.0 Å². The van der Waals surface area contributed by atoms with Crippen LogP contribution in [0.25, 0.3) is 0 Å². The van der Waals surface area contributed by atoms with E-state index in [4.69, 9.17) is 27.9 Å². The summed E-state index contributed by atoms with van der Waals surface area (Å²) in [5.74, 6) is 0.590. The van der Waals surface area contributed by atoms with Crippen LogP contribution in [0.15, 0.2) is 77.7 Å². The number of ether oxygens (including phenoxy) is 1. The Hall–Kier alpha value is -2.62. The average Bonchev–Trinajstić information content (AvgIpc) is 3.66. The predicted octanol–water partition coefficient (Wildman–Crippen LogP) is 7.94. The lowest BCUT2D eigenvalue weighted by molar-refractivity contribution is -0.135. The zero-order valence-electron chi connectivity index (χ0n) is 27.8. The molecule has 2 fully saturated rings. The Kier molecular flexibility index (Phi) is 11.4. The van der Waals surface area contributed by atoms with Crippen LogP contribution in [0.2, 0.25) is 10.0 Å². The summed E-state index contributed by atoms with van der Waals surface area (Å²) in [6.45, 7) is 3.11. The number of likely N-dealkylation sites (tertiary alicyclic amines) is 1. The summed E-state index contributed by atoms with van der Waals surface area (Å²) in [6, 6.07) is 22.5.